The van der Waals surface area contributed by atoms with E-state index in [1.165, 1.54) is 12.8 Å². The van der Waals surface area contributed by atoms with Crippen molar-refractivity contribution in [2.24, 2.45) is 0 Å². The lowest BCUT2D eigenvalue weighted by molar-refractivity contribution is -0.00407. The lowest BCUT2D eigenvalue weighted by Crippen LogP contribution is -2.53. The van der Waals surface area contributed by atoms with Crippen LogP contribution in [-0.2, 0) is 8.85 Å². The van der Waals surface area contributed by atoms with Crippen LogP contribution < -0.4 is 0 Å². The third-order valence-corrected chi connectivity index (χ3v) is 15.2. The molecular formula is C20H46O3Si2. The van der Waals surface area contributed by atoms with Gasteiger partial charge in [0, 0.05) is 0 Å². The molecule has 2 atom stereocenters. The maximum atomic E-state index is 10.1. The zero-order valence-corrected chi connectivity index (χ0v) is 21.0. The summed E-state index contributed by atoms with van der Waals surface area (Å²) in [6.07, 6.45) is 4.28. The van der Waals surface area contributed by atoms with Gasteiger partial charge in [0.15, 0.2) is 16.6 Å². The molecule has 0 aliphatic rings. The first kappa shape index (κ1) is 25.3. The zero-order chi connectivity index (χ0) is 20.1. The van der Waals surface area contributed by atoms with Crippen molar-refractivity contribution in [3.05, 3.63) is 0 Å². The van der Waals surface area contributed by atoms with Gasteiger partial charge in [-0.1, -0.05) is 67.7 Å². The third kappa shape index (κ3) is 7.83. The second kappa shape index (κ2) is 9.49. The van der Waals surface area contributed by atoms with Crippen molar-refractivity contribution in [2.45, 2.75) is 123 Å². The molecule has 0 saturated carbocycles. The highest BCUT2D eigenvalue weighted by atomic mass is 28.4. The van der Waals surface area contributed by atoms with Gasteiger partial charge in [0.2, 0.25) is 0 Å². The van der Waals surface area contributed by atoms with Crippen LogP contribution in [0.15, 0.2) is 0 Å². The summed E-state index contributed by atoms with van der Waals surface area (Å²) in [5.41, 5.74) is 0. The fourth-order valence-electron chi connectivity index (χ4n) is 2.26. The minimum Gasteiger partial charge on any atom is -0.411 e. The van der Waals surface area contributed by atoms with Crippen molar-refractivity contribution >= 4 is 16.6 Å². The van der Waals surface area contributed by atoms with Crippen LogP contribution in [0, 0.1) is 0 Å². The van der Waals surface area contributed by atoms with Gasteiger partial charge in [0.05, 0.1) is 18.8 Å². The molecule has 0 spiro atoms. The molecule has 5 heteroatoms. The van der Waals surface area contributed by atoms with Crippen LogP contribution >= 0.6 is 0 Å². The molecule has 0 aromatic heterocycles. The molecule has 0 aromatic rings. The number of rotatable bonds is 10. The van der Waals surface area contributed by atoms with Crippen molar-refractivity contribution in [3.63, 3.8) is 0 Å². The standard InChI is InChI=1S/C20H46O3Si2/c1-12-13-14-15-17(22-24(8,9)19(2,3)4)18(16-21)23-25(10,11)20(5,6)7/h17-18,21H,12-16H2,1-11H3/t17-,18-/m0/s1. The van der Waals surface area contributed by atoms with Crippen LogP contribution in [0.5, 0.6) is 0 Å². The van der Waals surface area contributed by atoms with Crippen LogP contribution in [0.3, 0.4) is 0 Å². The molecule has 0 rings (SSSR count). The van der Waals surface area contributed by atoms with E-state index in [1.807, 2.05) is 0 Å². The molecule has 0 radical (unpaired) electrons. The molecule has 152 valence electrons. The summed E-state index contributed by atoms with van der Waals surface area (Å²) in [7, 11) is -3.85. The van der Waals surface area contributed by atoms with Gasteiger partial charge in [-0.25, -0.2) is 0 Å². The fourth-order valence-corrected chi connectivity index (χ4v) is 4.97. The van der Waals surface area contributed by atoms with Gasteiger partial charge >= 0.3 is 0 Å². The molecule has 3 nitrogen and oxygen atoms in total. The van der Waals surface area contributed by atoms with E-state index >= 15 is 0 Å². The lowest BCUT2D eigenvalue weighted by atomic mass is 10.1. The van der Waals surface area contributed by atoms with Crippen molar-refractivity contribution < 1.29 is 14.0 Å². The Morgan fingerprint density at radius 3 is 1.48 bits per heavy atom. The van der Waals surface area contributed by atoms with Crippen molar-refractivity contribution in [2.75, 3.05) is 6.61 Å². The van der Waals surface area contributed by atoms with Crippen molar-refractivity contribution in [1.82, 2.24) is 0 Å². The van der Waals surface area contributed by atoms with Gasteiger partial charge in [0.1, 0.15) is 0 Å². The number of hydrogen-bond acceptors (Lipinski definition) is 3. The average molecular weight is 391 g/mol. The molecule has 0 bridgehead atoms. The molecule has 25 heavy (non-hydrogen) atoms. The van der Waals surface area contributed by atoms with E-state index in [0.717, 1.165) is 12.8 Å². The molecule has 0 unspecified atom stereocenters. The first-order valence-corrected chi connectivity index (χ1v) is 15.9. The van der Waals surface area contributed by atoms with Gasteiger partial charge in [0.25, 0.3) is 0 Å². The minimum atomic E-state index is -1.95. The Balaban J connectivity index is 5.40. The Morgan fingerprint density at radius 1 is 0.760 bits per heavy atom. The molecule has 0 saturated heterocycles. The fraction of sp³-hybridized carbons (Fsp3) is 1.00. The molecule has 0 aliphatic heterocycles. The van der Waals surface area contributed by atoms with Gasteiger partial charge in [-0.2, -0.15) is 0 Å². The quantitative estimate of drug-likeness (QED) is 0.349. The highest BCUT2D eigenvalue weighted by Gasteiger charge is 2.44. The van der Waals surface area contributed by atoms with Crippen LogP contribution in [0.1, 0.15) is 74.1 Å². The summed E-state index contributed by atoms with van der Waals surface area (Å²) in [6.45, 7) is 24.9. The first-order valence-electron chi connectivity index (χ1n) is 10.1. The van der Waals surface area contributed by atoms with Crippen LogP contribution in [-0.4, -0.2) is 40.6 Å². The van der Waals surface area contributed by atoms with Crippen molar-refractivity contribution in [3.8, 4) is 0 Å². The van der Waals surface area contributed by atoms with Gasteiger partial charge in [-0.05, 0) is 42.7 Å². The first-order chi connectivity index (χ1) is 11.1. The highest BCUT2D eigenvalue weighted by Crippen LogP contribution is 2.41. The minimum absolute atomic E-state index is 0.00781. The molecule has 0 amide bonds. The van der Waals surface area contributed by atoms with E-state index < -0.39 is 16.6 Å². The number of aliphatic hydroxyl groups excluding tert-OH is 1. The van der Waals surface area contributed by atoms with Gasteiger partial charge < -0.3 is 14.0 Å². The Hall–Kier alpha value is 0.314. The summed E-state index contributed by atoms with van der Waals surface area (Å²) in [5, 5.41) is 10.4. The predicted molar refractivity (Wildman–Crippen MR) is 115 cm³/mol. The van der Waals surface area contributed by atoms with E-state index in [4.69, 9.17) is 8.85 Å². The second-order valence-electron chi connectivity index (χ2n) is 10.5. The largest absolute Gasteiger partial charge is 0.411 e. The highest BCUT2D eigenvalue weighted by molar-refractivity contribution is 6.74. The Labute approximate surface area is 160 Å². The summed E-state index contributed by atoms with van der Waals surface area (Å²) in [5.74, 6) is 0. The lowest BCUT2D eigenvalue weighted by Gasteiger charge is -2.44. The van der Waals surface area contributed by atoms with Gasteiger partial charge in [-0.15, -0.1) is 0 Å². The third-order valence-electron chi connectivity index (χ3n) is 6.19. The number of unbranched alkanes of at least 4 members (excludes halogenated alkanes) is 2. The molecule has 1 N–H and O–H groups in total. The number of hydrogen-bond donors (Lipinski definition) is 1. The molecular weight excluding hydrogens is 344 g/mol. The van der Waals surface area contributed by atoms with E-state index in [1.54, 1.807) is 0 Å². The van der Waals surface area contributed by atoms with E-state index in [0.29, 0.717) is 0 Å². The SMILES string of the molecule is CCCCC[C@H](O[Si](C)(C)C(C)(C)C)[C@H](CO)O[Si](C)(C)C(C)(C)C. The smallest absolute Gasteiger partial charge is 0.192 e. The zero-order valence-electron chi connectivity index (χ0n) is 19.0. The molecule has 0 aliphatic carbocycles. The topological polar surface area (TPSA) is 38.7 Å². The van der Waals surface area contributed by atoms with E-state index in [9.17, 15) is 5.11 Å². The van der Waals surface area contributed by atoms with E-state index in [-0.39, 0.29) is 28.9 Å². The molecule has 0 heterocycles. The van der Waals surface area contributed by atoms with Gasteiger partial charge in [-0.3, -0.25) is 0 Å². The second-order valence-corrected chi connectivity index (χ2v) is 20.0. The molecule has 0 fully saturated rings. The monoisotopic (exact) mass is 390 g/mol. The normalized spacial score (nSPS) is 16.8. The average Bonchev–Trinajstić information content (AvgIpc) is 2.41. The maximum absolute atomic E-state index is 10.1. The van der Waals surface area contributed by atoms with Crippen LogP contribution in [0.2, 0.25) is 36.3 Å². The maximum Gasteiger partial charge on any atom is 0.192 e. The Morgan fingerprint density at radius 2 is 1.16 bits per heavy atom. The van der Waals surface area contributed by atoms with Crippen LogP contribution in [0.4, 0.5) is 0 Å². The number of aliphatic hydroxyl groups is 1. The Bertz CT molecular complexity index is 381. The van der Waals surface area contributed by atoms with Crippen LogP contribution in [0.25, 0.3) is 0 Å². The summed E-state index contributed by atoms with van der Waals surface area (Å²) in [4.78, 5) is 0. The van der Waals surface area contributed by atoms with Crippen molar-refractivity contribution in [1.29, 1.82) is 0 Å². The summed E-state index contributed by atoms with van der Waals surface area (Å²) < 4.78 is 13.3. The van der Waals surface area contributed by atoms with E-state index in [2.05, 4.69) is 74.7 Å². The predicted octanol–water partition coefficient (Wildman–Crippen LogP) is 6.34. The Kier molecular flexibility index (Phi) is 9.61. The summed E-state index contributed by atoms with van der Waals surface area (Å²) in [6, 6.07) is 0. The molecule has 0 aromatic carbocycles. The summed E-state index contributed by atoms with van der Waals surface area (Å²) >= 11 is 0.